The lowest BCUT2D eigenvalue weighted by Crippen LogP contribution is -1.99. The van der Waals surface area contributed by atoms with Crippen LogP contribution in [0.5, 0.6) is 0 Å². The molecule has 2 rings (SSSR count). The third kappa shape index (κ3) is 1.72. The van der Waals surface area contributed by atoms with Gasteiger partial charge in [0.2, 0.25) is 0 Å². The molecule has 0 aliphatic heterocycles. The van der Waals surface area contributed by atoms with Gasteiger partial charge < -0.3 is 0 Å². The van der Waals surface area contributed by atoms with E-state index in [1.54, 1.807) is 0 Å². The first-order valence-corrected chi connectivity index (χ1v) is 4.65. The number of rotatable bonds is 0. The minimum Gasteiger partial charge on any atom is -0.0745 e. The summed E-state index contributed by atoms with van der Waals surface area (Å²) in [4.78, 5) is 0. The minimum atomic E-state index is 0.180. The zero-order valence-electron chi connectivity index (χ0n) is 8.12. The molecule has 0 fully saturated rings. The Hall–Kier alpha value is -1.30. The summed E-state index contributed by atoms with van der Waals surface area (Å²) in [6.07, 6.45) is 8.90. The number of allylic oxidation sites excluding steroid dienone is 2. The Labute approximate surface area is 79.6 Å². The summed E-state index contributed by atoms with van der Waals surface area (Å²) in [6.45, 7) is 4.43. The summed E-state index contributed by atoms with van der Waals surface area (Å²) in [5, 5.41) is 0. The quantitative estimate of drug-likeness (QED) is 0.556. The van der Waals surface area contributed by atoms with Crippen molar-refractivity contribution in [2.45, 2.75) is 13.8 Å². The summed E-state index contributed by atoms with van der Waals surface area (Å²) in [5.74, 6) is 0. The van der Waals surface area contributed by atoms with Crippen LogP contribution in [0.15, 0.2) is 36.4 Å². The predicted octanol–water partition coefficient (Wildman–Crippen LogP) is 3.75. The third-order valence-electron chi connectivity index (χ3n) is 2.38. The van der Waals surface area contributed by atoms with Gasteiger partial charge in [-0.25, -0.2) is 0 Å². The van der Waals surface area contributed by atoms with Gasteiger partial charge in [0.1, 0.15) is 0 Å². The largest absolute Gasteiger partial charge is 0.0745 e. The molecule has 0 unspecified atom stereocenters. The molecule has 0 nitrogen and oxygen atoms in total. The normalized spacial score (nSPS) is 18.0. The summed E-state index contributed by atoms with van der Waals surface area (Å²) in [5.41, 5.74) is 2.80. The van der Waals surface area contributed by atoms with E-state index in [0.29, 0.717) is 0 Å². The van der Waals surface area contributed by atoms with Crippen molar-refractivity contribution < 1.29 is 0 Å². The van der Waals surface area contributed by atoms with Crippen LogP contribution in [0.4, 0.5) is 0 Å². The number of fused-ring (bicyclic) bond motifs is 1. The lowest BCUT2D eigenvalue weighted by atomic mass is 9.93. The molecule has 0 radical (unpaired) electrons. The second-order valence-corrected chi connectivity index (χ2v) is 4.12. The van der Waals surface area contributed by atoms with E-state index in [2.05, 4.69) is 62.4 Å². The Morgan fingerprint density at radius 1 is 0.846 bits per heavy atom. The van der Waals surface area contributed by atoms with Crippen molar-refractivity contribution in [2.24, 2.45) is 5.41 Å². The molecule has 0 amide bonds. The topological polar surface area (TPSA) is 0 Å². The lowest BCUT2D eigenvalue weighted by Gasteiger charge is -2.11. The molecule has 0 bridgehead atoms. The molecule has 0 aromatic heterocycles. The van der Waals surface area contributed by atoms with Crippen molar-refractivity contribution in [1.29, 1.82) is 0 Å². The first-order valence-electron chi connectivity index (χ1n) is 4.65. The molecule has 1 aromatic rings. The highest BCUT2D eigenvalue weighted by atomic mass is 14.2. The maximum Gasteiger partial charge on any atom is 0.00111 e. The predicted molar refractivity (Wildman–Crippen MR) is 58.3 cm³/mol. The van der Waals surface area contributed by atoms with Crippen LogP contribution < -0.4 is 0 Å². The van der Waals surface area contributed by atoms with E-state index in [0.717, 1.165) is 0 Å². The fourth-order valence-corrected chi connectivity index (χ4v) is 1.48. The maximum atomic E-state index is 2.25. The van der Waals surface area contributed by atoms with Crippen LogP contribution in [0.25, 0.3) is 12.2 Å². The fraction of sp³-hybridized carbons (Fsp3) is 0.231. The summed E-state index contributed by atoms with van der Waals surface area (Å²) in [7, 11) is 0. The van der Waals surface area contributed by atoms with Crippen molar-refractivity contribution in [1.82, 2.24) is 0 Å². The molecule has 66 valence electrons. The molecule has 1 aromatic carbocycles. The smallest absolute Gasteiger partial charge is 0.00111 e. The van der Waals surface area contributed by atoms with E-state index in [4.69, 9.17) is 0 Å². The van der Waals surface area contributed by atoms with Gasteiger partial charge in [0, 0.05) is 5.41 Å². The van der Waals surface area contributed by atoms with Crippen LogP contribution in [0.3, 0.4) is 0 Å². The Bertz CT molecular complexity index is 332. The summed E-state index contributed by atoms with van der Waals surface area (Å²) >= 11 is 0. The second kappa shape index (κ2) is 2.88. The zero-order valence-corrected chi connectivity index (χ0v) is 8.12. The molecule has 0 atom stereocenters. The molecule has 0 heteroatoms. The van der Waals surface area contributed by atoms with E-state index in [1.165, 1.54) is 11.1 Å². The number of hydrogen-bond donors (Lipinski definition) is 0. The molecule has 0 heterocycles. The van der Waals surface area contributed by atoms with Gasteiger partial charge >= 0.3 is 0 Å². The third-order valence-corrected chi connectivity index (χ3v) is 2.38. The Morgan fingerprint density at radius 2 is 1.31 bits per heavy atom. The van der Waals surface area contributed by atoms with E-state index in [1.807, 2.05) is 0 Å². The van der Waals surface area contributed by atoms with E-state index in [-0.39, 0.29) is 5.41 Å². The minimum absolute atomic E-state index is 0.180. The summed E-state index contributed by atoms with van der Waals surface area (Å²) < 4.78 is 0. The standard InChI is InChI=1S/C13H14/c1-13(2)9-7-11-5-3-4-6-12(11)8-10-13/h3-10H,1-2H3. The molecule has 0 saturated heterocycles. The Balaban J connectivity index is 2.53. The van der Waals surface area contributed by atoms with E-state index in [9.17, 15) is 0 Å². The van der Waals surface area contributed by atoms with Gasteiger partial charge in [-0.05, 0) is 11.1 Å². The van der Waals surface area contributed by atoms with Crippen LogP contribution in [0, 0.1) is 5.41 Å². The van der Waals surface area contributed by atoms with Crippen molar-refractivity contribution in [3.63, 3.8) is 0 Å². The first kappa shape index (κ1) is 8.31. The van der Waals surface area contributed by atoms with Crippen molar-refractivity contribution in [2.75, 3.05) is 0 Å². The van der Waals surface area contributed by atoms with Crippen molar-refractivity contribution in [3.05, 3.63) is 47.5 Å². The van der Waals surface area contributed by atoms with E-state index < -0.39 is 0 Å². The molecule has 0 N–H and O–H groups in total. The highest BCUT2D eigenvalue weighted by Crippen LogP contribution is 2.27. The highest BCUT2D eigenvalue weighted by molar-refractivity contribution is 5.68. The molecular formula is C13H14. The van der Waals surface area contributed by atoms with Gasteiger partial charge in [-0.15, -0.1) is 0 Å². The summed E-state index contributed by atoms with van der Waals surface area (Å²) in [6, 6.07) is 8.46. The highest BCUT2D eigenvalue weighted by Gasteiger charge is 2.11. The first-order chi connectivity index (χ1) is 6.17. The zero-order chi connectivity index (χ0) is 9.31. The molecule has 13 heavy (non-hydrogen) atoms. The monoisotopic (exact) mass is 170 g/mol. The van der Waals surface area contributed by atoms with Gasteiger partial charge in [-0.2, -0.15) is 0 Å². The average molecular weight is 170 g/mol. The molecule has 0 spiro atoms. The van der Waals surface area contributed by atoms with Gasteiger partial charge in [0.05, 0.1) is 0 Å². The van der Waals surface area contributed by atoms with E-state index >= 15 is 0 Å². The van der Waals surface area contributed by atoms with Crippen molar-refractivity contribution >= 4 is 12.2 Å². The molecule has 1 aliphatic rings. The Kier molecular flexibility index (Phi) is 1.84. The Morgan fingerprint density at radius 3 is 1.77 bits per heavy atom. The molecule has 0 saturated carbocycles. The molecular weight excluding hydrogens is 156 g/mol. The van der Waals surface area contributed by atoms with Crippen LogP contribution in [-0.4, -0.2) is 0 Å². The van der Waals surface area contributed by atoms with Crippen LogP contribution in [0.2, 0.25) is 0 Å². The average Bonchev–Trinajstić information content (AvgIpc) is 2.27. The number of hydrogen-bond acceptors (Lipinski definition) is 0. The lowest BCUT2D eigenvalue weighted by molar-refractivity contribution is 0.633. The van der Waals surface area contributed by atoms with Gasteiger partial charge in [0.15, 0.2) is 0 Å². The number of benzene rings is 1. The molecule has 1 aliphatic carbocycles. The van der Waals surface area contributed by atoms with Crippen LogP contribution in [-0.2, 0) is 0 Å². The van der Waals surface area contributed by atoms with Gasteiger partial charge in [-0.1, -0.05) is 62.4 Å². The van der Waals surface area contributed by atoms with Crippen molar-refractivity contribution in [3.8, 4) is 0 Å². The maximum absolute atomic E-state index is 2.25. The second-order valence-electron chi connectivity index (χ2n) is 4.12. The van der Waals surface area contributed by atoms with Crippen LogP contribution in [0.1, 0.15) is 25.0 Å². The van der Waals surface area contributed by atoms with Gasteiger partial charge in [-0.3, -0.25) is 0 Å². The SMILES string of the molecule is CC1(C)C=Cc2ccccc2C=C1. The van der Waals surface area contributed by atoms with Crippen LogP contribution >= 0.6 is 0 Å². The van der Waals surface area contributed by atoms with Gasteiger partial charge in [0.25, 0.3) is 0 Å². The fourth-order valence-electron chi connectivity index (χ4n) is 1.48.